The topological polar surface area (TPSA) is 76.1 Å². The zero-order valence-electron chi connectivity index (χ0n) is 12.8. The lowest BCUT2D eigenvalue weighted by Crippen LogP contribution is -2.04. The molecule has 3 aromatic rings. The molecule has 0 fully saturated rings. The van der Waals surface area contributed by atoms with Crippen LogP contribution in [-0.4, -0.2) is 30.1 Å². The Morgan fingerprint density at radius 3 is 2.70 bits per heavy atom. The minimum Gasteiger partial charge on any atom is -0.465 e. The molecule has 2 N–H and O–H groups in total. The van der Waals surface area contributed by atoms with E-state index >= 15 is 0 Å². The third-order valence-electron chi connectivity index (χ3n) is 3.38. The normalized spacial score (nSPS) is 10.3. The van der Waals surface area contributed by atoms with E-state index in [1.165, 1.54) is 7.11 Å². The summed E-state index contributed by atoms with van der Waals surface area (Å²) in [5.74, 6) is 0.807. The summed E-state index contributed by atoms with van der Waals surface area (Å²) in [6.07, 6.45) is 0. The fourth-order valence-electron chi connectivity index (χ4n) is 2.29. The van der Waals surface area contributed by atoms with Gasteiger partial charge in [-0.25, -0.2) is 9.78 Å². The molecule has 3 rings (SSSR count). The van der Waals surface area contributed by atoms with Gasteiger partial charge in [-0.05, 0) is 30.3 Å². The van der Waals surface area contributed by atoms with Gasteiger partial charge in [0.2, 0.25) is 5.95 Å². The van der Waals surface area contributed by atoms with Crippen molar-refractivity contribution in [2.45, 2.75) is 0 Å². The van der Waals surface area contributed by atoms with Gasteiger partial charge in [0.25, 0.3) is 0 Å². The molecule has 0 unspecified atom stereocenters. The predicted octanol–water partition coefficient (Wildman–Crippen LogP) is 3.20. The van der Waals surface area contributed by atoms with E-state index in [1.807, 2.05) is 37.4 Å². The van der Waals surface area contributed by atoms with Crippen LogP contribution in [0.15, 0.2) is 48.5 Å². The number of benzene rings is 2. The highest BCUT2D eigenvalue weighted by Crippen LogP contribution is 2.23. The van der Waals surface area contributed by atoms with E-state index in [4.69, 9.17) is 4.74 Å². The number of rotatable bonds is 4. The van der Waals surface area contributed by atoms with Gasteiger partial charge in [-0.15, -0.1) is 0 Å². The number of para-hydroxylation sites is 1. The minimum atomic E-state index is -0.385. The maximum atomic E-state index is 11.6. The van der Waals surface area contributed by atoms with E-state index in [9.17, 15) is 4.79 Å². The largest absolute Gasteiger partial charge is 0.465 e. The van der Waals surface area contributed by atoms with Crippen LogP contribution in [0.4, 0.5) is 17.5 Å². The van der Waals surface area contributed by atoms with Crippen molar-refractivity contribution in [2.75, 3.05) is 24.8 Å². The van der Waals surface area contributed by atoms with Crippen molar-refractivity contribution < 1.29 is 9.53 Å². The Bertz CT molecular complexity index is 864. The van der Waals surface area contributed by atoms with Crippen molar-refractivity contribution in [3.8, 4) is 0 Å². The summed E-state index contributed by atoms with van der Waals surface area (Å²) in [4.78, 5) is 20.6. The number of fused-ring (bicyclic) bond motifs is 1. The number of carbonyl (C=O) groups is 1. The van der Waals surface area contributed by atoms with E-state index in [2.05, 4.69) is 20.6 Å². The number of aromatic nitrogens is 2. The van der Waals surface area contributed by atoms with Gasteiger partial charge in [0.1, 0.15) is 5.82 Å². The number of esters is 1. The lowest BCUT2D eigenvalue weighted by Gasteiger charge is -2.10. The number of hydrogen-bond donors (Lipinski definition) is 2. The quantitative estimate of drug-likeness (QED) is 0.721. The Morgan fingerprint density at radius 2 is 1.91 bits per heavy atom. The second-order valence-corrected chi connectivity index (χ2v) is 4.86. The van der Waals surface area contributed by atoms with E-state index in [0.29, 0.717) is 17.2 Å². The standard InChI is InChI=1S/C17H16N4O2/c1-18-15-13-8-3-4-9-14(13)20-17(21-15)19-12-7-5-6-11(10-12)16(22)23-2/h3-10H,1-2H3,(H2,18,19,20,21). The molecule has 0 spiro atoms. The number of hydrogen-bond acceptors (Lipinski definition) is 6. The fraction of sp³-hybridized carbons (Fsp3) is 0.118. The summed E-state index contributed by atoms with van der Waals surface area (Å²) in [6, 6.07) is 14.8. The molecule has 1 aromatic heterocycles. The van der Waals surface area contributed by atoms with Gasteiger partial charge in [-0.1, -0.05) is 18.2 Å². The first-order valence-corrected chi connectivity index (χ1v) is 7.11. The van der Waals surface area contributed by atoms with Crippen molar-refractivity contribution in [1.82, 2.24) is 9.97 Å². The van der Waals surface area contributed by atoms with Gasteiger partial charge in [0, 0.05) is 18.1 Å². The van der Waals surface area contributed by atoms with Gasteiger partial charge in [-0.2, -0.15) is 4.98 Å². The van der Waals surface area contributed by atoms with E-state index in [1.54, 1.807) is 18.2 Å². The van der Waals surface area contributed by atoms with Crippen LogP contribution in [0.3, 0.4) is 0 Å². The molecule has 1 heterocycles. The Labute approximate surface area is 133 Å². The van der Waals surface area contributed by atoms with Crippen LogP contribution in [0, 0.1) is 0 Å². The first-order valence-electron chi connectivity index (χ1n) is 7.11. The Balaban J connectivity index is 1.97. The summed E-state index contributed by atoms with van der Waals surface area (Å²) >= 11 is 0. The lowest BCUT2D eigenvalue weighted by molar-refractivity contribution is 0.0601. The number of anilines is 3. The molecule has 6 heteroatoms. The molecule has 0 atom stereocenters. The second kappa shape index (κ2) is 6.31. The molecule has 0 radical (unpaired) electrons. The predicted molar refractivity (Wildman–Crippen MR) is 90.1 cm³/mol. The van der Waals surface area contributed by atoms with Crippen molar-refractivity contribution in [3.05, 3.63) is 54.1 Å². The third kappa shape index (κ3) is 3.06. The lowest BCUT2D eigenvalue weighted by atomic mass is 10.2. The van der Waals surface area contributed by atoms with Crippen LogP contribution >= 0.6 is 0 Å². The number of ether oxygens (including phenoxy) is 1. The van der Waals surface area contributed by atoms with Crippen LogP contribution in [0.1, 0.15) is 10.4 Å². The maximum absolute atomic E-state index is 11.6. The zero-order valence-corrected chi connectivity index (χ0v) is 12.8. The second-order valence-electron chi connectivity index (χ2n) is 4.86. The SMILES string of the molecule is CNc1nc(Nc2cccc(C(=O)OC)c2)nc2ccccc12. The van der Waals surface area contributed by atoms with Crippen LogP contribution in [0.25, 0.3) is 10.9 Å². The van der Waals surface area contributed by atoms with Gasteiger partial charge >= 0.3 is 5.97 Å². The average molecular weight is 308 g/mol. The highest BCUT2D eigenvalue weighted by Gasteiger charge is 2.09. The van der Waals surface area contributed by atoms with E-state index in [0.717, 1.165) is 16.7 Å². The van der Waals surface area contributed by atoms with Gasteiger partial charge in [-0.3, -0.25) is 0 Å². The Morgan fingerprint density at radius 1 is 1.09 bits per heavy atom. The van der Waals surface area contributed by atoms with Crippen LogP contribution in [0.2, 0.25) is 0 Å². The van der Waals surface area contributed by atoms with Gasteiger partial charge in [0.05, 0.1) is 18.2 Å². The zero-order chi connectivity index (χ0) is 16.2. The maximum Gasteiger partial charge on any atom is 0.337 e. The molecule has 116 valence electrons. The van der Waals surface area contributed by atoms with Crippen molar-refractivity contribution >= 4 is 34.3 Å². The molecular formula is C17H16N4O2. The van der Waals surface area contributed by atoms with Crippen LogP contribution in [-0.2, 0) is 4.74 Å². The number of carbonyl (C=O) groups excluding carboxylic acids is 1. The van der Waals surface area contributed by atoms with Crippen molar-refractivity contribution in [1.29, 1.82) is 0 Å². The van der Waals surface area contributed by atoms with Crippen molar-refractivity contribution in [3.63, 3.8) is 0 Å². The number of methoxy groups -OCH3 is 1. The molecule has 0 aliphatic heterocycles. The Kier molecular flexibility index (Phi) is 4.05. The van der Waals surface area contributed by atoms with Gasteiger partial charge in [0.15, 0.2) is 0 Å². The highest BCUT2D eigenvalue weighted by molar-refractivity contribution is 5.91. The molecule has 0 aliphatic rings. The molecule has 0 aliphatic carbocycles. The number of nitrogens with zero attached hydrogens (tertiary/aromatic N) is 2. The molecule has 6 nitrogen and oxygen atoms in total. The molecule has 0 bridgehead atoms. The molecule has 2 aromatic carbocycles. The third-order valence-corrected chi connectivity index (χ3v) is 3.38. The summed E-state index contributed by atoms with van der Waals surface area (Å²) in [5, 5.41) is 7.14. The summed E-state index contributed by atoms with van der Waals surface area (Å²) in [6.45, 7) is 0. The van der Waals surface area contributed by atoms with Gasteiger partial charge < -0.3 is 15.4 Å². The smallest absolute Gasteiger partial charge is 0.337 e. The minimum absolute atomic E-state index is 0.385. The van der Waals surface area contributed by atoms with Crippen LogP contribution < -0.4 is 10.6 Å². The highest BCUT2D eigenvalue weighted by atomic mass is 16.5. The molecular weight excluding hydrogens is 292 g/mol. The van der Waals surface area contributed by atoms with E-state index in [-0.39, 0.29) is 5.97 Å². The molecule has 0 saturated carbocycles. The average Bonchev–Trinajstić information content (AvgIpc) is 2.60. The number of nitrogens with one attached hydrogen (secondary N) is 2. The molecule has 0 saturated heterocycles. The first-order chi connectivity index (χ1) is 11.2. The summed E-state index contributed by atoms with van der Waals surface area (Å²) in [5.41, 5.74) is 2.01. The molecule has 23 heavy (non-hydrogen) atoms. The monoisotopic (exact) mass is 308 g/mol. The summed E-state index contributed by atoms with van der Waals surface area (Å²) < 4.78 is 4.73. The Hall–Kier alpha value is -3.15. The molecule has 0 amide bonds. The van der Waals surface area contributed by atoms with Crippen LogP contribution in [0.5, 0.6) is 0 Å². The van der Waals surface area contributed by atoms with Crippen molar-refractivity contribution in [2.24, 2.45) is 0 Å². The fourth-order valence-corrected chi connectivity index (χ4v) is 2.29. The first kappa shape index (κ1) is 14.8. The summed E-state index contributed by atoms with van der Waals surface area (Å²) in [7, 11) is 3.17. The van der Waals surface area contributed by atoms with E-state index < -0.39 is 0 Å².